The quantitative estimate of drug-likeness (QED) is 0.698. The van der Waals surface area contributed by atoms with Gasteiger partial charge in [-0.2, -0.15) is 0 Å². The Morgan fingerprint density at radius 3 is 2.82 bits per heavy atom. The summed E-state index contributed by atoms with van der Waals surface area (Å²) < 4.78 is 24.8. The first kappa shape index (κ1) is 14.2. The third kappa shape index (κ3) is 5.83. The van der Waals surface area contributed by atoms with E-state index in [1.165, 1.54) is 0 Å². The Labute approximate surface area is 103 Å². The highest BCUT2D eigenvalue weighted by Crippen LogP contribution is 1.95. The number of aryl methyl sites for hydroxylation is 1. The van der Waals surface area contributed by atoms with Gasteiger partial charge in [0.25, 0.3) is 0 Å². The number of sulfone groups is 1. The SMILES string of the molecule is CCS(=O)(=O)CC(C)NCCCn1ccnc1. The molecule has 6 heteroatoms. The van der Waals surface area contributed by atoms with Crippen molar-refractivity contribution >= 4 is 9.84 Å². The Hall–Kier alpha value is -0.880. The van der Waals surface area contributed by atoms with Gasteiger partial charge in [0.2, 0.25) is 0 Å². The first-order chi connectivity index (χ1) is 8.03. The number of nitrogens with one attached hydrogen (secondary N) is 1. The van der Waals surface area contributed by atoms with E-state index in [-0.39, 0.29) is 17.5 Å². The molecule has 0 amide bonds. The van der Waals surface area contributed by atoms with Crippen molar-refractivity contribution in [1.29, 1.82) is 0 Å². The van der Waals surface area contributed by atoms with Crippen LogP contribution in [0.1, 0.15) is 20.3 Å². The van der Waals surface area contributed by atoms with E-state index >= 15 is 0 Å². The van der Waals surface area contributed by atoms with Crippen LogP contribution in [0.5, 0.6) is 0 Å². The normalized spacial score (nSPS) is 13.8. The van der Waals surface area contributed by atoms with E-state index in [9.17, 15) is 8.42 Å². The summed E-state index contributed by atoms with van der Waals surface area (Å²) in [5.41, 5.74) is 0. The van der Waals surface area contributed by atoms with Gasteiger partial charge in [-0.3, -0.25) is 0 Å². The van der Waals surface area contributed by atoms with Crippen LogP contribution < -0.4 is 5.32 Å². The van der Waals surface area contributed by atoms with Crippen LogP contribution in [-0.2, 0) is 16.4 Å². The summed E-state index contributed by atoms with van der Waals surface area (Å²) in [6.45, 7) is 5.31. The maximum Gasteiger partial charge on any atom is 0.151 e. The van der Waals surface area contributed by atoms with Gasteiger partial charge >= 0.3 is 0 Å². The molecule has 1 rings (SSSR count). The molecular weight excluding hydrogens is 238 g/mol. The molecule has 1 heterocycles. The third-order valence-corrected chi connectivity index (χ3v) is 4.48. The highest BCUT2D eigenvalue weighted by molar-refractivity contribution is 7.91. The Balaban J connectivity index is 2.14. The van der Waals surface area contributed by atoms with Crippen LogP contribution in [0.2, 0.25) is 0 Å². The van der Waals surface area contributed by atoms with Crippen molar-refractivity contribution in [2.75, 3.05) is 18.1 Å². The Kier molecular flexibility index (Phi) is 5.64. The van der Waals surface area contributed by atoms with Crippen molar-refractivity contribution in [3.8, 4) is 0 Å². The van der Waals surface area contributed by atoms with Crippen LogP contribution in [0.25, 0.3) is 0 Å². The Morgan fingerprint density at radius 1 is 1.47 bits per heavy atom. The lowest BCUT2D eigenvalue weighted by atomic mass is 10.3. The summed E-state index contributed by atoms with van der Waals surface area (Å²) in [5, 5.41) is 3.22. The summed E-state index contributed by atoms with van der Waals surface area (Å²) in [6.07, 6.45) is 6.42. The highest BCUT2D eigenvalue weighted by Gasteiger charge is 2.12. The van der Waals surface area contributed by atoms with Crippen LogP contribution in [0.4, 0.5) is 0 Å². The van der Waals surface area contributed by atoms with Gasteiger partial charge in [0.05, 0.1) is 12.1 Å². The summed E-state index contributed by atoms with van der Waals surface area (Å²) in [4.78, 5) is 3.96. The monoisotopic (exact) mass is 259 g/mol. The number of rotatable bonds is 8. The Morgan fingerprint density at radius 2 is 2.24 bits per heavy atom. The summed E-state index contributed by atoms with van der Waals surface area (Å²) >= 11 is 0. The molecule has 17 heavy (non-hydrogen) atoms. The first-order valence-corrected chi connectivity index (χ1v) is 7.75. The van der Waals surface area contributed by atoms with Crippen LogP contribution in [0.3, 0.4) is 0 Å². The van der Waals surface area contributed by atoms with Crippen molar-refractivity contribution in [1.82, 2.24) is 14.9 Å². The first-order valence-electron chi connectivity index (χ1n) is 5.93. The minimum atomic E-state index is -2.88. The third-order valence-electron chi connectivity index (χ3n) is 2.59. The molecule has 0 aromatic carbocycles. The van der Waals surface area contributed by atoms with E-state index in [0.717, 1.165) is 19.5 Å². The Bertz CT molecular complexity index is 400. The fourth-order valence-corrected chi connectivity index (χ4v) is 2.70. The lowest BCUT2D eigenvalue weighted by Crippen LogP contribution is -2.34. The van der Waals surface area contributed by atoms with E-state index < -0.39 is 9.84 Å². The molecule has 1 atom stereocenters. The van der Waals surface area contributed by atoms with Gasteiger partial charge in [0, 0.05) is 30.7 Å². The zero-order valence-corrected chi connectivity index (χ0v) is 11.3. The van der Waals surface area contributed by atoms with Crippen LogP contribution >= 0.6 is 0 Å². The van der Waals surface area contributed by atoms with Gasteiger partial charge in [-0.1, -0.05) is 6.92 Å². The lowest BCUT2D eigenvalue weighted by molar-refractivity contribution is 0.526. The zero-order valence-electron chi connectivity index (χ0n) is 10.5. The number of hydrogen-bond donors (Lipinski definition) is 1. The fourth-order valence-electron chi connectivity index (χ4n) is 1.59. The van der Waals surface area contributed by atoms with Gasteiger partial charge < -0.3 is 9.88 Å². The molecule has 0 radical (unpaired) electrons. The molecule has 1 unspecified atom stereocenters. The molecule has 1 aromatic rings. The van der Waals surface area contributed by atoms with E-state index in [2.05, 4.69) is 10.3 Å². The second-order valence-corrected chi connectivity index (χ2v) is 6.61. The number of nitrogens with zero attached hydrogens (tertiary/aromatic N) is 2. The topological polar surface area (TPSA) is 64.0 Å². The smallest absolute Gasteiger partial charge is 0.151 e. The van der Waals surface area contributed by atoms with Gasteiger partial charge in [0.15, 0.2) is 9.84 Å². The van der Waals surface area contributed by atoms with Crippen molar-refractivity contribution in [3.63, 3.8) is 0 Å². The molecular formula is C11H21N3O2S. The molecule has 0 spiro atoms. The molecule has 5 nitrogen and oxygen atoms in total. The molecule has 98 valence electrons. The molecule has 0 saturated carbocycles. The number of imidazole rings is 1. The van der Waals surface area contributed by atoms with Gasteiger partial charge in [-0.25, -0.2) is 13.4 Å². The molecule has 0 fully saturated rings. The van der Waals surface area contributed by atoms with E-state index in [4.69, 9.17) is 0 Å². The standard InChI is InChI=1S/C11H21N3O2S/c1-3-17(15,16)9-11(2)13-5-4-7-14-8-6-12-10-14/h6,8,10-11,13H,3-5,7,9H2,1-2H3. The predicted octanol–water partition coefficient (Wildman–Crippen LogP) is 0.686. The maximum absolute atomic E-state index is 11.4. The van der Waals surface area contributed by atoms with Crippen molar-refractivity contribution in [2.45, 2.75) is 32.9 Å². The van der Waals surface area contributed by atoms with Crippen molar-refractivity contribution < 1.29 is 8.42 Å². The van der Waals surface area contributed by atoms with Crippen LogP contribution in [0, 0.1) is 0 Å². The molecule has 0 aliphatic heterocycles. The van der Waals surface area contributed by atoms with E-state index in [0.29, 0.717) is 0 Å². The molecule has 1 aromatic heterocycles. The van der Waals surface area contributed by atoms with Gasteiger partial charge in [-0.15, -0.1) is 0 Å². The average Bonchev–Trinajstić information content (AvgIpc) is 2.77. The second-order valence-electron chi connectivity index (χ2n) is 4.21. The molecule has 0 bridgehead atoms. The minimum Gasteiger partial charge on any atom is -0.337 e. The lowest BCUT2D eigenvalue weighted by Gasteiger charge is -2.13. The van der Waals surface area contributed by atoms with Crippen molar-refractivity contribution in [3.05, 3.63) is 18.7 Å². The molecule has 0 aliphatic carbocycles. The summed E-state index contributed by atoms with van der Waals surface area (Å²) in [5.74, 6) is 0.433. The summed E-state index contributed by atoms with van der Waals surface area (Å²) in [6, 6.07) is 0.0164. The largest absolute Gasteiger partial charge is 0.337 e. The molecule has 0 aliphatic rings. The van der Waals surface area contributed by atoms with Gasteiger partial charge in [0.1, 0.15) is 0 Å². The second kappa shape index (κ2) is 6.76. The highest BCUT2D eigenvalue weighted by atomic mass is 32.2. The number of hydrogen-bond acceptors (Lipinski definition) is 4. The molecule has 0 saturated heterocycles. The van der Waals surface area contributed by atoms with Crippen LogP contribution in [0.15, 0.2) is 18.7 Å². The average molecular weight is 259 g/mol. The summed E-state index contributed by atoms with van der Waals surface area (Å²) in [7, 11) is -2.88. The maximum atomic E-state index is 11.4. The predicted molar refractivity (Wildman–Crippen MR) is 68.6 cm³/mol. The zero-order chi connectivity index (χ0) is 12.7. The minimum absolute atomic E-state index is 0.0164. The van der Waals surface area contributed by atoms with E-state index in [1.807, 2.05) is 17.7 Å². The van der Waals surface area contributed by atoms with Crippen molar-refractivity contribution in [2.24, 2.45) is 0 Å². The van der Waals surface area contributed by atoms with Crippen LogP contribution in [-0.4, -0.2) is 42.1 Å². The fraction of sp³-hybridized carbons (Fsp3) is 0.727. The van der Waals surface area contributed by atoms with E-state index in [1.54, 1.807) is 19.4 Å². The van der Waals surface area contributed by atoms with Gasteiger partial charge in [-0.05, 0) is 19.9 Å². The molecule has 1 N–H and O–H groups in total. The number of aromatic nitrogens is 2.